The smallest absolute Gasteiger partial charge is 0.305 e. The molecular formula is C53H99NO10. The molecule has 376 valence electrons. The van der Waals surface area contributed by atoms with Crippen LogP contribution in [0.1, 0.15) is 239 Å². The largest absolute Gasteiger partial charge is 0.466 e. The number of unbranched alkanes of at least 4 members (excludes halogenated alkanes) is 29. The van der Waals surface area contributed by atoms with Crippen LogP contribution in [0.3, 0.4) is 0 Å². The maximum atomic E-state index is 13.0. The van der Waals surface area contributed by atoms with Gasteiger partial charge >= 0.3 is 5.97 Å². The summed E-state index contributed by atoms with van der Waals surface area (Å²) in [6, 6.07) is -0.828. The number of aliphatic hydroxyl groups is 5. The predicted molar refractivity (Wildman–Crippen MR) is 260 cm³/mol. The lowest BCUT2D eigenvalue weighted by molar-refractivity contribution is -0.302. The lowest BCUT2D eigenvalue weighted by Crippen LogP contribution is -2.60. The van der Waals surface area contributed by atoms with E-state index in [0.29, 0.717) is 25.9 Å². The van der Waals surface area contributed by atoms with Crippen LogP contribution in [0.5, 0.6) is 0 Å². The van der Waals surface area contributed by atoms with E-state index in [0.717, 1.165) is 70.6 Å². The van der Waals surface area contributed by atoms with Crippen molar-refractivity contribution in [1.29, 1.82) is 0 Å². The average molecular weight is 910 g/mol. The van der Waals surface area contributed by atoms with Gasteiger partial charge in [-0.15, -0.1) is 0 Å². The van der Waals surface area contributed by atoms with Crippen molar-refractivity contribution in [2.75, 3.05) is 19.8 Å². The molecule has 0 aromatic carbocycles. The van der Waals surface area contributed by atoms with Crippen LogP contribution in [-0.2, 0) is 23.8 Å². The molecule has 0 aromatic heterocycles. The molecule has 1 heterocycles. The number of rotatable bonds is 45. The van der Waals surface area contributed by atoms with Crippen molar-refractivity contribution in [2.45, 2.75) is 281 Å². The van der Waals surface area contributed by atoms with E-state index in [1.165, 1.54) is 135 Å². The molecule has 0 bridgehead atoms. The van der Waals surface area contributed by atoms with Gasteiger partial charge in [0.25, 0.3) is 0 Å². The number of ether oxygens (including phenoxy) is 3. The van der Waals surface area contributed by atoms with E-state index in [1.807, 2.05) is 6.08 Å². The van der Waals surface area contributed by atoms with E-state index in [-0.39, 0.29) is 18.5 Å². The molecule has 64 heavy (non-hydrogen) atoms. The van der Waals surface area contributed by atoms with E-state index >= 15 is 0 Å². The van der Waals surface area contributed by atoms with Gasteiger partial charge in [-0.1, -0.05) is 192 Å². The maximum absolute atomic E-state index is 13.0. The maximum Gasteiger partial charge on any atom is 0.305 e. The summed E-state index contributed by atoms with van der Waals surface area (Å²) in [6.45, 7) is 4.26. The van der Waals surface area contributed by atoms with E-state index in [9.17, 15) is 35.1 Å². The molecule has 0 aliphatic carbocycles. The summed E-state index contributed by atoms with van der Waals surface area (Å²) >= 11 is 0. The Morgan fingerprint density at radius 1 is 0.562 bits per heavy atom. The Hall–Kier alpha value is -1.86. The highest BCUT2D eigenvalue weighted by molar-refractivity contribution is 5.76. The molecule has 1 rings (SSSR count). The minimum atomic E-state index is -1.58. The van der Waals surface area contributed by atoms with Crippen molar-refractivity contribution in [3.63, 3.8) is 0 Å². The number of nitrogens with one attached hydrogen (secondary N) is 1. The van der Waals surface area contributed by atoms with Gasteiger partial charge in [0.1, 0.15) is 24.4 Å². The SMILES string of the molecule is CCCCCCCCCCCC/C=C/C(O)C(COC1OC(CO)C(O)C(O)C1O)NC(=O)CCCCC/C=C\CCCCCCCCOC(=O)CCCCCCCCCCCCC. The van der Waals surface area contributed by atoms with Crippen molar-refractivity contribution in [2.24, 2.45) is 0 Å². The molecule has 6 N–H and O–H groups in total. The van der Waals surface area contributed by atoms with Crippen molar-refractivity contribution in [3.05, 3.63) is 24.3 Å². The lowest BCUT2D eigenvalue weighted by Gasteiger charge is -2.40. The number of carbonyl (C=O) groups excluding carboxylic acids is 2. The standard InChI is InChI=1S/C53H99NO10/c1-3-5-7-9-11-13-15-20-23-27-31-35-39-46(56)45(44-63-53-52(61)51(60)50(59)47(43-55)64-53)54-48(57)40-36-32-28-24-21-17-16-18-22-26-30-34-38-42-62-49(58)41-37-33-29-25-19-14-12-10-8-6-4-2/h17,21,35,39,45-47,50-53,55-56,59-61H,3-16,18-20,22-34,36-38,40-44H2,1-2H3,(H,54,57)/b21-17-,39-35+. The van der Waals surface area contributed by atoms with Gasteiger partial charge in [0.05, 0.1) is 32.0 Å². The Morgan fingerprint density at radius 3 is 1.52 bits per heavy atom. The fourth-order valence-electron chi connectivity index (χ4n) is 8.25. The third-order valence-corrected chi connectivity index (χ3v) is 12.6. The number of hydrogen-bond donors (Lipinski definition) is 6. The van der Waals surface area contributed by atoms with Gasteiger partial charge in [-0.25, -0.2) is 0 Å². The van der Waals surface area contributed by atoms with Gasteiger partial charge in [0.15, 0.2) is 6.29 Å². The highest BCUT2D eigenvalue weighted by Crippen LogP contribution is 2.23. The summed E-state index contributed by atoms with van der Waals surface area (Å²) in [5.41, 5.74) is 0. The summed E-state index contributed by atoms with van der Waals surface area (Å²) in [5.74, 6) is -0.248. The molecule has 0 saturated carbocycles. The Balaban J connectivity index is 2.20. The fourth-order valence-corrected chi connectivity index (χ4v) is 8.25. The molecular weight excluding hydrogens is 811 g/mol. The Morgan fingerprint density at radius 2 is 1.00 bits per heavy atom. The second-order valence-electron chi connectivity index (χ2n) is 18.6. The first-order chi connectivity index (χ1) is 31.2. The van der Waals surface area contributed by atoms with Crippen molar-refractivity contribution in [1.82, 2.24) is 5.32 Å². The minimum absolute atomic E-state index is 0.0354. The quantitative estimate of drug-likeness (QED) is 0.0196. The highest BCUT2D eigenvalue weighted by atomic mass is 16.7. The first kappa shape index (κ1) is 60.2. The highest BCUT2D eigenvalue weighted by Gasteiger charge is 2.44. The molecule has 1 aliphatic heterocycles. The third-order valence-electron chi connectivity index (χ3n) is 12.6. The zero-order chi connectivity index (χ0) is 46.7. The molecule has 11 heteroatoms. The normalized spacial score (nSPS) is 20.0. The van der Waals surface area contributed by atoms with Crippen LogP contribution in [0.25, 0.3) is 0 Å². The molecule has 7 atom stereocenters. The lowest BCUT2D eigenvalue weighted by atomic mass is 9.99. The van der Waals surface area contributed by atoms with E-state index in [4.69, 9.17) is 14.2 Å². The van der Waals surface area contributed by atoms with Crippen LogP contribution in [0.2, 0.25) is 0 Å². The Bertz CT molecular complexity index is 1120. The first-order valence-corrected chi connectivity index (χ1v) is 26.6. The van der Waals surface area contributed by atoms with E-state index in [1.54, 1.807) is 6.08 Å². The molecule has 1 fully saturated rings. The molecule has 0 spiro atoms. The Labute approximate surface area is 391 Å². The molecule has 0 radical (unpaired) electrons. The summed E-state index contributed by atoms with van der Waals surface area (Å²) in [4.78, 5) is 25.0. The topological polar surface area (TPSA) is 175 Å². The van der Waals surface area contributed by atoms with Gasteiger partial charge < -0.3 is 45.1 Å². The predicted octanol–water partition coefficient (Wildman–Crippen LogP) is 11.0. The number of carbonyl (C=O) groups is 2. The molecule has 1 amide bonds. The third kappa shape index (κ3) is 33.6. The van der Waals surface area contributed by atoms with Crippen LogP contribution < -0.4 is 5.32 Å². The number of esters is 1. The van der Waals surface area contributed by atoms with Crippen molar-refractivity contribution in [3.8, 4) is 0 Å². The van der Waals surface area contributed by atoms with Gasteiger partial charge in [-0.3, -0.25) is 9.59 Å². The fraction of sp³-hybridized carbons (Fsp3) is 0.887. The number of amides is 1. The average Bonchev–Trinajstić information content (AvgIpc) is 3.29. The summed E-state index contributed by atoms with van der Waals surface area (Å²) < 4.78 is 16.6. The zero-order valence-corrected chi connectivity index (χ0v) is 41.0. The van der Waals surface area contributed by atoms with Crippen molar-refractivity contribution >= 4 is 11.9 Å². The molecule has 1 aliphatic rings. The van der Waals surface area contributed by atoms with Crippen molar-refractivity contribution < 1.29 is 49.3 Å². The number of aliphatic hydroxyl groups excluding tert-OH is 5. The molecule has 11 nitrogen and oxygen atoms in total. The Kier molecular flexibility index (Phi) is 41.1. The first-order valence-electron chi connectivity index (χ1n) is 26.6. The summed E-state index contributed by atoms with van der Waals surface area (Å²) in [6.07, 6.45) is 39.6. The van der Waals surface area contributed by atoms with Crippen LogP contribution in [0, 0.1) is 0 Å². The van der Waals surface area contributed by atoms with Gasteiger partial charge in [0.2, 0.25) is 5.91 Å². The van der Waals surface area contributed by atoms with Gasteiger partial charge in [-0.2, -0.15) is 0 Å². The van der Waals surface area contributed by atoms with Crippen LogP contribution >= 0.6 is 0 Å². The monoisotopic (exact) mass is 910 g/mol. The van der Waals surface area contributed by atoms with E-state index < -0.39 is 49.5 Å². The summed E-state index contributed by atoms with van der Waals surface area (Å²) in [5, 5.41) is 54.2. The van der Waals surface area contributed by atoms with Gasteiger partial charge in [0, 0.05) is 12.8 Å². The molecule has 1 saturated heterocycles. The zero-order valence-electron chi connectivity index (χ0n) is 41.0. The molecule has 0 aromatic rings. The number of hydrogen-bond acceptors (Lipinski definition) is 10. The second-order valence-corrected chi connectivity index (χ2v) is 18.6. The second kappa shape index (κ2) is 43.7. The van der Waals surface area contributed by atoms with E-state index in [2.05, 4.69) is 31.3 Å². The van der Waals surface area contributed by atoms with Crippen LogP contribution in [0.4, 0.5) is 0 Å². The summed E-state index contributed by atoms with van der Waals surface area (Å²) in [7, 11) is 0. The molecule has 7 unspecified atom stereocenters. The number of allylic oxidation sites excluding steroid dienone is 3. The minimum Gasteiger partial charge on any atom is -0.466 e. The van der Waals surface area contributed by atoms with Crippen LogP contribution in [-0.4, -0.2) is 100 Å². The van der Waals surface area contributed by atoms with Gasteiger partial charge in [-0.05, 0) is 57.8 Å². The van der Waals surface area contributed by atoms with Crippen LogP contribution in [0.15, 0.2) is 24.3 Å².